The summed E-state index contributed by atoms with van der Waals surface area (Å²) in [6, 6.07) is 6.03. The molecule has 0 aromatic heterocycles. The van der Waals surface area contributed by atoms with Gasteiger partial charge in [0, 0.05) is 23.2 Å². The van der Waals surface area contributed by atoms with E-state index in [0.29, 0.717) is 6.61 Å². The number of hydrogen-bond donors (Lipinski definition) is 1. The Morgan fingerprint density at radius 3 is 2.72 bits per heavy atom. The first-order valence-electron chi connectivity index (χ1n) is 6.35. The summed E-state index contributed by atoms with van der Waals surface area (Å²) in [5.74, 6) is 0.912. The highest BCUT2D eigenvalue weighted by molar-refractivity contribution is 6.30. The van der Waals surface area contributed by atoms with E-state index in [2.05, 4.69) is 24.1 Å². The molecule has 0 radical (unpaired) electrons. The summed E-state index contributed by atoms with van der Waals surface area (Å²) in [5, 5.41) is 4.12. The van der Waals surface area contributed by atoms with Crippen molar-refractivity contribution >= 4 is 11.6 Å². The van der Waals surface area contributed by atoms with Gasteiger partial charge in [-0.2, -0.15) is 0 Å². The Labute approximate surface area is 115 Å². The second-order valence-electron chi connectivity index (χ2n) is 4.61. The molecule has 1 N–H and O–H groups in total. The average molecular weight is 271 g/mol. The van der Waals surface area contributed by atoms with Gasteiger partial charge in [-0.15, -0.1) is 0 Å². The molecule has 1 aromatic carbocycles. The zero-order chi connectivity index (χ0) is 13.5. The fraction of sp³-hybridized carbons (Fsp3) is 0.571. The molecule has 18 heavy (non-hydrogen) atoms. The topological polar surface area (TPSA) is 24.5 Å². The third-order valence-electron chi connectivity index (χ3n) is 2.74. The standard InChI is InChI=1S/C14H23ClN2O/c1-5-16-11(2)13-10-12(15)6-7-14(13)18-9-8-17(3)4/h6-7,10-11,16H,5,8-9H2,1-4H3. The summed E-state index contributed by atoms with van der Waals surface area (Å²) >= 11 is 6.05. The van der Waals surface area contributed by atoms with Gasteiger partial charge in [-0.1, -0.05) is 18.5 Å². The number of likely N-dealkylation sites (N-methyl/N-ethyl adjacent to an activating group) is 1. The SMILES string of the molecule is CCNC(C)c1cc(Cl)ccc1OCCN(C)C. The maximum atomic E-state index is 6.05. The van der Waals surface area contributed by atoms with E-state index in [1.54, 1.807) is 0 Å². The van der Waals surface area contributed by atoms with Gasteiger partial charge in [0.25, 0.3) is 0 Å². The van der Waals surface area contributed by atoms with Gasteiger partial charge in [0.05, 0.1) is 0 Å². The first-order valence-corrected chi connectivity index (χ1v) is 6.72. The number of halogens is 1. The third kappa shape index (κ3) is 4.84. The van der Waals surface area contributed by atoms with Gasteiger partial charge in [-0.3, -0.25) is 0 Å². The smallest absolute Gasteiger partial charge is 0.124 e. The number of rotatable bonds is 7. The monoisotopic (exact) mass is 270 g/mol. The van der Waals surface area contributed by atoms with Crippen molar-refractivity contribution in [3.05, 3.63) is 28.8 Å². The molecule has 0 heterocycles. The van der Waals surface area contributed by atoms with Crippen molar-refractivity contribution in [2.45, 2.75) is 19.9 Å². The maximum absolute atomic E-state index is 6.05. The largest absolute Gasteiger partial charge is 0.492 e. The molecule has 3 nitrogen and oxygen atoms in total. The summed E-state index contributed by atoms with van der Waals surface area (Å²) in [5.41, 5.74) is 1.11. The van der Waals surface area contributed by atoms with Crippen LogP contribution in [0, 0.1) is 0 Å². The number of benzene rings is 1. The molecule has 1 unspecified atom stereocenters. The van der Waals surface area contributed by atoms with Gasteiger partial charge in [0.1, 0.15) is 12.4 Å². The molecule has 0 bridgehead atoms. The summed E-state index contributed by atoms with van der Waals surface area (Å²) in [6.07, 6.45) is 0. The first kappa shape index (κ1) is 15.3. The van der Waals surface area contributed by atoms with Gasteiger partial charge in [-0.25, -0.2) is 0 Å². The van der Waals surface area contributed by atoms with Crippen molar-refractivity contribution in [2.24, 2.45) is 0 Å². The van der Waals surface area contributed by atoms with Crippen LogP contribution in [0.2, 0.25) is 5.02 Å². The molecule has 1 atom stereocenters. The molecular weight excluding hydrogens is 248 g/mol. The highest BCUT2D eigenvalue weighted by atomic mass is 35.5. The fourth-order valence-corrected chi connectivity index (χ4v) is 1.92. The van der Waals surface area contributed by atoms with Crippen molar-refractivity contribution in [3.8, 4) is 5.75 Å². The Bertz CT molecular complexity index is 369. The van der Waals surface area contributed by atoms with Crippen LogP contribution in [-0.4, -0.2) is 38.7 Å². The molecule has 102 valence electrons. The second-order valence-corrected chi connectivity index (χ2v) is 5.05. The van der Waals surface area contributed by atoms with Gasteiger partial charge in [0.15, 0.2) is 0 Å². The molecule has 0 aliphatic rings. The second kappa shape index (κ2) is 7.62. The Hall–Kier alpha value is -0.770. The molecular formula is C14H23ClN2O. The number of hydrogen-bond acceptors (Lipinski definition) is 3. The minimum atomic E-state index is 0.239. The predicted molar refractivity (Wildman–Crippen MR) is 77.6 cm³/mol. The van der Waals surface area contributed by atoms with E-state index in [1.165, 1.54) is 0 Å². The number of nitrogens with one attached hydrogen (secondary N) is 1. The highest BCUT2D eigenvalue weighted by Gasteiger charge is 2.11. The summed E-state index contributed by atoms with van der Waals surface area (Å²) in [7, 11) is 4.07. The van der Waals surface area contributed by atoms with Crippen LogP contribution >= 0.6 is 11.6 Å². The van der Waals surface area contributed by atoms with Gasteiger partial charge >= 0.3 is 0 Å². The predicted octanol–water partition coefficient (Wildman–Crippen LogP) is 2.95. The van der Waals surface area contributed by atoms with E-state index in [-0.39, 0.29) is 6.04 Å². The normalized spacial score (nSPS) is 12.8. The Morgan fingerprint density at radius 2 is 2.11 bits per heavy atom. The fourth-order valence-electron chi connectivity index (χ4n) is 1.74. The molecule has 0 aliphatic carbocycles. The van der Waals surface area contributed by atoms with E-state index in [0.717, 1.165) is 29.4 Å². The van der Waals surface area contributed by atoms with Gasteiger partial charge in [-0.05, 0) is 45.8 Å². The maximum Gasteiger partial charge on any atom is 0.124 e. The van der Waals surface area contributed by atoms with Crippen LogP contribution < -0.4 is 10.1 Å². The molecule has 0 saturated heterocycles. The molecule has 1 rings (SSSR count). The molecule has 0 spiro atoms. The molecule has 0 saturated carbocycles. The average Bonchev–Trinajstić information content (AvgIpc) is 2.31. The lowest BCUT2D eigenvalue weighted by Crippen LogP contribution is -2.21. The molecule has 0 aliphatic heterocycles. The lowest BCUT2D eigenvalue weighted by atomic mass is 10.1. The lowest BCUT2D eigenvalue weighted by molar-refractivity contribution is 0.258. The summed E-state index contributed by atoms with van der Waals surface area (Å²) in [4.78, 5) is 2.10. The Morgan fingerprint density at radius 1 is 1.39 bits per heavy atom. The minimum Gasteiger partial charge on any atom is -0.492 e. The van der Waals surface area contributed by atoms with E-state index in [9.17, 15) is 0 Å². The van der Waals surface area contributed by atoms with Crippen molar-refractivity contribution in [2.75, 3.05) is 33.8 Å². The zero-order valence-corrected chi connectivity index (χ0v) is 12.4. The molecule has 4 heteroatoms. The van der Waals surface area contributed by atoms with Crippen LogP contribution in [0.1, 0.15) is 25.5 Å². The molecule has 0 amide bonds. The van der Waals surface area contributed by atoms with Crippen molar-refractivity contribution in [1.82, 2.24) is 10.2 Å². The highest BCUT2D eigenvalue weighted by Crippen LogP contribution is 2.28. The summed E-state index contributed by atoms with van der Waals surface area (Å²) < 4.78 is 5.83. The zero-order valence-electron chi connectivity index (χ0n) is 11.7. The van der Waals surface area contributed by atoms with E-state index in [4.69, 9.17) is 16.3 Å². The van der Waals surface area contributed by atoms with Gasteiger partial charge < -0.3 is 15.0 Å². The van der Waals surface area contributed by atoms with E-state index < -0.39 is 0 Å². The van der Waals surface area contributed by atoms with E-state index in [1.807, 2.05) is 32.3 Å². The Balaban J connectivity index is 2.76. The van der Waals surface area contributed by atoms with Crippen LogP contribution in [-0.2, 0) is 0 Å². The summed E-state index contributed by atoms with van der Waals surface area (Å²) in [6.45, 7) is 6.71. The minimum absolute atomic E-state index is 0.239. The van der Waals surface area contributed by atoms with Crippen molar-refractivity contribution < 1.29 is 4.74 Å². The van der Waals surface area contributed by atoms with Crippen LogP contribution in [0.4, 0.5) is 0 Å². The quantitative estimate of drug-likeness (QED) is 0.824. The number of nitrogens with zero attached hydrogens (tertiary/aromatic N) is 1. The lowest BCUT2D eigenvalue weighted by Gasteiger charge is -2.19. The van der Waals surface area contributed by atoms with Crippen LogP contribution in [0.25, 0.3) is 0 Å². The molecule has 1 aromatic rings. The third-order valence-corrected chi connectivity index (χ3v) is 2.98. The molecule has 0 fully saturated rings. The Kier molecular flexibility index (Phi) is 6.47. The van der Waals surface area contributed by atoms with Crippen LogP contribution in [0.15, 0.2) is 18.2 Å². The van der Waals surface area contributed by atoms with Gasteiger partial charge in [0.2, 0.25) is 0 Å². The van der Waals surface area contributed by atoms with E-state index >= 15 is 0 Å². The van der Waals surface area contributed by atoms with Crippen molar-refractivity contribution in [1.29, 1.82) is 0 Å². The van der Waals surface area contributed by atoms with Crippen molar-refractivity contribution in [3.63, 3.8) is 0 Å². The van der Waals surface area contributed by atoms with Crippen LogP contribution in [0.3, 0.4) is 0 Å². The first-order chi connectivity index (χ1) is 8.54. The van der Waals surface area contributed by atoms with Crippen LogP contribution in [0.5, 0.6) is 5.75 Å². The number of ether oxygens (including phenoxy) is 1.